The summed E-state index contributed by atoms with van der Waals surface area (Å²) in [5.41, 5.74) is 5.22. The first-order valence-corrected chi connectivity index (χ1v) is 9.30. The van der Waals surface area contributed by atoms with E-state index >= 15 is 0 Å². The fraction of sp³-hybridized carbons (Fsp3) is 0.833. The van der Waals surface area contributed by atoms with E-state index in [1.165, 1.54) is 0 Å². The van der Waals surface area contributed by atoms with Gasteiger partial charge in [0.2, 0.25) is 11.8 Å². The Bertz CT molecular complexity index is 448. The van der Waals surface area contributed by atoms with Crippen molar-refractivity contribution in [3.8, 4) is 0 Å². The van der Waals surface area contributed by atoms with Crippen molar-refractivity contribution in [3.63, 3.8) is 0 Å². The van der Waals surface area contributed by atoms with Gasteiger partial charge in [-0.25, -0.2) is 0 Å². The summed E-state index contributed by atoms with van der Waals surface area (Å²) in [6.07, 6.45) is 3.13. The van der Waals surface area contributed by atoms with Crippen LogP contribution >= 0.6 is 0 Å². The molecule has 7 heteroatoms. The third kappa shape index (κ3) is 8.45. The van der Waals surface area contributed by atoms with Gasteiger partial charge in [-0.05, 0) is 13.3 Å². The number of unbranched alkanes of at least 4 members (excludes halogenated alkanes) is 1. The van der Waals surface area contributed by atoms with Crippen molar-refractivity contribution in [2.45, 2.75) is 39.5 Å². The van der Waals surface area contributed by atoms with Crippen LogP contribution in [0.3, 0.4) is 0 Å². The average Bonchev–Trinajstić information content (AvgIpc) is 2.56. The number of hydrogen-bond donors (Lipinski definition) is 1. The molecule has 2 amide bonds. The minimum atomic E-state index is -0.289. The SMILES string of the molecule is CCCC[C@@H](CC(C)=O)C(=O)N(C)CCN1CCN(CC(N)=O)CC1. The third-order valence-electron chi connectivity index (χ3n) is 4.76. The van der Waals surface area contributed by atoms with E-state index in [1.807, 2.05) is 7.05 Å². The predicted octanol–water partition coefficient (Wildman–Crippen LogP) is 0.333. The number of likely N-dealkylation sites (N-methyl/N-ethyl adjacent to an activating group) is 1. The summed E-state index contributed by atoms with van der Waals surface area (Å²) < 4.78 is 0. The maximum Gasteiger partial charge on any atom is 0.231 e. The lowest BCUT2D eigenvalue weighted by Crippen LogP contribution is -2.50. The zero-order valence-corrected chi connectivity index (χ0v) is 16.0. The second kappa shape index (κ2) is 11.2. The van der Waals surface area contributed by atoms with E-state index < -0.39 is 0 Å². The van der Waals surface area contributed by atoms with Gasteiger partial charge in [-0.1, -0.05) is 19.8 Å². The Kier molecular flexibility index (Phi) is 9.67. The van der Waals surface area contributed by atoms with Crippen molar-refractivity contribution in [2.75, 3.05) is 52.9 Å². The molecule has 0 spiro atoms. The quantitative estimate of drug-likeness (QED) is 0.578. The second-order valence-corrected chi connectivity index (χ2v) is 7.09. The fourth-order valence-electron chi connectivity index (χ4n) is 3.22. The summed E-state index contributed by atoms with van der Waals surface area (Å²) in [5, 5.41) is 0. The lowest BCUT2D eigenvalue weighted by Gasteiger charge is -2.35. The van der Waals surface area contributed by atoms with E-state index in [1.54, 1.807) is 11.8 Å². The van der Waals surface area contributed by atoms with E-state index in [4.69, 9.17) is 5.73 Å². The largest absolute Gasteiger partial charge is 0.369 e. The molecule has 1 heterocycles. The van der Waals surface area contributed by atoms with E-state index in [2.05, 4.69) is 16.7 Å². The summed E-state index contributed by atoms with van der Waals surface area (Å²) in [4.78, 5) is 41.1. The van der Waals surface area contributed by atoms with E-state index in [9.17, 15) is 14.4 Å². The highest BCUT2D eigenvalue weighted by Gasteiger charge is 2.24. The molecule has 25 heavy (non-hydrogen) atoms. The van der Waals surface area contributed by atoms with Crippen LogP contribution in [0.1, 0.15) is 39.5 Å². The van der Waals surface area contributed by atoms with Gasteiger partial charge in [-0.3, -0.25) is 19.4 Å². The van der Waals surface area contributed by atoms with Crippen LogP contribution in [0.25, 0.3) is 0 Å². The number of rotatable bonds is 11. The Hall–Kier alpha value is -1.47. The van der Waals surface area contributed by atoms with Crippen molar-refractivity contribution in [2.24, 2.45) is 11.7 Å². The number of carbonyl (C=O) groups excluding carboxylic acids is 3. The average molecular weight is 354 g/mol. The zero-order valence-electron chi connectivity index (χ0n) is 16.0. The number of primary amides is 1. The van der Waals surface area contributed by atoms with Gasteiger partial charge in [-0.15, -0.1) is 0 Å². The smallest absolute Gasteiger partial charge is 0.231 e. The fourth-order valence-corrected chi connectivity index (χ4v) is 3.22. The van der Waals surface area contributed by atoms with Gasteiger partial charge in [0.1, 0.15) is 5.78 Å². The molecule has 2 N–H and O–H groups in total. The molecule has 7 nitrogen and oxygen atoms in total. The third-order valence-corrected chi connectivity index (χ3v) is 4.76. The van der Waals surface area contributed by atoms with Crippen molar-refractivity contribution in [1.82, 2.24) is 14.7 Å². The maximum atomic E-state index is 12.6. The molecule has 1 rings (SSSR count). The molecule has 0 unspecified atom stereocenters. The Morgan fingerprint density at radius 1 is 1.12 bits per heavy atom. The molecular formula is C18H34N4O3. The van der Waals surface area contributed by atoms with Gasteiger partial charge in [0.15, 0.2) is 0 Å². The molecule has 0 aromatic heterocycles. The molecule has 0 saturated carbocycles. The summed E-state index contributed by atoms with van der Waals surface area (Å²) in [7, 11) is 1.82. The van der Waals surface area contributed by atoms with Crippen LogP contribution in [0.5, 0.6) is 0 Å². The molecule has 1 atom stereocenters. The standard InChI is InChI=1S/C18H34N4O3/c1-4-5-6-16(13-15(2)23)18(25)20(3)7-8-21-9-11-22(12-10-21)14-17(19)24/h16H,4-14H2,1-3H3,(H2,19,24)/t16-/m0/s1. The van der Waals surface area contributed by atoms with Gasteiger partial charge in [0.05, 0.1) is 6.54 Å². The van der Waals surface area contributed by atoms with Crippen molar-refractivity contribution in [3.05, 3.63) is 0 Å². The molecular weight excluding hydrogens is 320 g/mol. The monoisotopic (exact) mass is 354 g/mol. The minimum absolute atomic E-state index is 0.0772. The van der Waals surface area contributed by atoms with Crippen LogP contribution in [0.2, 0.25) is 0 Å². The molecule has 0 bridgehead atoms. The van der Waals surface area contributed by atoms with Gasteiger partial charge < -0.3 is 15.4 Å². The molecule has 0 aromatic rings. The summed E-state index contributed by atoms with van der Waals surface area (Å²) in [5.74, 6) is -0.318. The number of nitrogens with two attached hydrogens (primary N) is 1. The first-order valence-electron chi connectivity index (χ1n) is 9.30. The summed E-state index contributed by atoms with van der Waals surface area (Å²) >= 11 is 0. The van der Waals surface area contributed by atoms with Crippen LogP contribution in [0, 0.1) is 5.92 Å². The molecule has 0 aliphatic carbocycles. The lowest BCUT2D eigenvalue weighted by atomic mass is 9.95. The Morgan fingerprint density at radius 2 is 1.72 bits per heavy atom. The van der Waals surface area contributed by atoms with Crippen LogP contribution < -0.4 is 5.73 Å². The number of piperazine rings is 1. The Morgan fingerprint density at radius 3 is 2.24 bits per heavy atom. The first-order chi connectivity index (χ1) is 11.8. The van der Waals surface area contributed by atoms with Crippen LogP contribution in [0.15, 0.2) is 0 Å². The number of amides is 2. The summed E-state index contributed by atoms with van der Waals surface area (Å²) in [6.45, 7) is 8.84. The molecule has 1 fully saturated rings. The topological polar surface area (TPSA) is 87.0 Å². The van der Waals surface area contributed by atoms with Crippen molar-refractivity contribution < 1.29 is 14.4 Å². The maximum absolute atomic E-state index is 12.6. The number of hydrogen-bond acceptors (Lipinski definition) is 5. The highest BCUT2D eigenvalue weighted by molar-refractivity contribution is 5.85. The summed E-state index contributed by atoms with van der Waals surface area (Å²) in [6, 6.07) is 0. The Balaban J connectivity index is 2.38. The van der Waals surface area contributed by atoms with Gasteiger partial charge >= 0.3 is 0 Å². The van der Waals surface area contributed by atoms with Gasteiger partial charge in [0, 0.05) is 58.7 Å². The highest BCUT2D eigenvalue weighted by atomic mass is 16.2. The zero-order chi connectivity index (χ0) is 18.8. The second-order valence-electron chi connectivity index (χ2n) is 7.09. The minimum Gasteiger partial charge on any atom is -0.369 e. The molecule has 1 aliphatic rings. The predicted molar refractivity (Wildman–Crippen MR) is 98.0 cm³/mol. The van der Waals surface area contributed by atoms with E-state index in [0.717, 1.165) is 52.0 Å². The van der Waals surface area contributed by atoms with Crippen LogP contribution in [-0.2, 0) is 14.4 Å². The van der Waals surface area contributed by atoms with Crippen molar-refractivity contribution >= 4 is 17.6 Å². The number of carbonyl (C=O) groups is 3. The highest BCUT2D eigenvalue weighted by Crippen LogP contribution is 2.16. The van der Waals surface area contributed by atoms with E-state index in [0.29, 0.717) is 19.5 Å². The number of Topliss-reactive ketones (excluding diaryl/α,β-unsaturated/α-hetero) is 1. The van der Waals surface area contributed by atoms with Crippen molar-refractivity contribution in [1.29, 1.82) is 0 Å². The molecule has 0 radical (unpaired) electrons. The molecule has 1 aliphatic heterocycles. The molecule has 144 valence electrons. The Labute approximate surface area is 151 Å². The van der Waals surface area contributed by atoms with Gasteiger partial charge in [0.25, 0.3) is 0 Å². The first kappa shape index (κ1) is 21.6. The van der Waals surface area contributed by atoms with Crippen LogP contribution in [-0.4, -0.2) is 85.2 Å². The van der Waals surface area contributed by atoms with Crippen LogP contribution in [0.4, 0.5) is 0 Å². The number of nitrogens with zero attached hydrogens (tertiary/aromatic N) is 3. The van der Waals surface area contributed by atoms with E-state index in [-0.39, 0.29) is 23.5 Å². The molecule has 1 saturated heterocycles. The number of ketones is 1. The van der Waals surface area contributed by atoms with Gasteiger partial charge in [-0.2, -0.15) is 0 Å². The normalized spacial score (nSPS) is 17.2. The molecule has 0 aromatic carbocycles. The lowest BCUT2D eigenvalue weighted by molar-refractivity contribution is -0.137.